The Morgan fingerprint density at radius 1 is 0.829 bits per heavy atom. The Morgan fingerprint density at radius 3 is 2.14 bits per heavy atom. The molecule has 3 aromatic carbocycles. The number of hydrogen-bond donors (Lipinski definition) is 2. The van der Waals surface area contributed by atoms with Crippen LogP contribution in [0.1, 0.15) is 22.8 Å². The first-order valence-electron chi connectivity index (χ1n) is 9.82. The molecule has 3 aromatic rings. The molecule has 0 saturated heterocycles. The van der Waals surface area contributed by atoms with Crippen LogP contribution in [0.4, 0.5) is 36.4 Å². The molecule has 5 nitrogen and oxygen atoms in total. The number of fused-ring (bicyclic) bond motifs is 1. The maximum absolute atomic E-state index is 13.6. The standard InChI is InChI=1S/C23H16F7N3O2/c1-13(32-33-19(34)18-11-5-7-14-6-2-3-10-17(14)18)15-8-4-9-16(12-15)31-20(35)21(24,25)22(26,27)23(28,29)30/h2-12H,1H3,(H,31,35)(H,33,34)/b32-13-. The molecule has 0 unspecified atom stereocenters. The van der Waals surface area contributed by atoms with Crippen molar-refractivity contribution in [1.82, 2.24) is 5.43 Å². The molecule has 2 N–H and O–H groups in total. The molecule has 12 heteroatoms. The van der Waals surface area contributed by atoms with Gasteiger partial charge in [-0.15, -0.1) is 0 Å². The number of carbonyl (C=O) groups is 2. The van der Waals surface area contributed by atoms with Crippen LogP contribution in [0.3, 0.4) is 0 Å². The number of nitrogens with zero attached hydrogens (tertiary/aromatic N) is 1. The SMILES string of the molecule is C/C(=N/NC(=O)c1cccc2ccccc12)c1cccc(NC(=O)C(F)(F)C(F)(F)C(F)(F)F)c1. The van der Waals surface area contributed by atoms with Gasteiger partial charge in [-0.3, -0.25) is 9.59 Å². The summed E-state index contributed by atoms with van der Waals surface area (Å²) in [5.41, 5.74) is 2.46. The molecule has 0 heterocycles. The van der Waals surface area contributed by atoms with Crippen molar-refractivity contribution >= 4 is 34.0 Å². The molecule has 184 valence electrons. The molecule has 0 aliphatic carbocycles. The largest absolute Gasteiger partial charge is 0.460 e. The van der Waals surface area contributed by atoms with Crippen molar-refractivity contribution in [2.24, 2.45) is 5.10 Å². The van der Waals surface area contributed by atoms with E-state index in [0.29, 0.717) is 10.9 Å². The van der Waals surface area contributed by atoms with Crippen LogP contribution >= 0.6 is 0 Å². The van der Waals surface area contributed by atoms with Crippen molar-refractivity contribution < 1.29 is 40.3 Å². The first-order chi connectivity index (χ1) is 16.3. The third-order valence-corrected chi connectivity index (χ3v) is 4.93. The molecule has 35 heavy (non-hydrogen) atoms. The number of hydrazone groups is 1. The minimum Gasteiger partial charge on any atom is -0.321 e. The summed E-state index contributed by atoms with van der Waals surface area (Å²) in [4.78, 5) is 24.1. The van der Waals surface area contributed by atoms with Crippen molar-refractivity contribution in [1.29, 1.82) is 0 Å². The van der Waals surface area contributed by atoms with E-state index in [1.807, 2.05) is 12.1 Å². The number of benzene rings is 3. The molecule has 2 amide bonds. The van der Waals surface area contributed by atoms with E-state index >= 15 is 0 Å². The fourth-order valence-corrected chi connectivity index (χ4v) is 3.03. The van der Waals surface area contributed by atoms with E-state index < -0.39 is 35.5 Å². The molecular formula is C23H16F7N3O2. The smallest absolute Gasteiger partial charge is 0.321 e. The highest BCUT2D eigenvalue weighted by Gasteiger charge is 2.76. The van der Waals surface area contributed by atoms with E-state index in [4.69, 9.17) is 0 Å². The number of carbonyl (C=O) groups excluding carboxylic acids is 2. The van der Waals surface area contributed by atoms with Crippen LogP contribution in [0, 0.1) is 0 Å². The summed E-state index contributed by atoms with van der Waals surface area (Å²) < 4.78 is 90.2. The van der Waals surface area contributed by atoms with Gasteiger partial charge in [-0.1, -0.05) is 48.5 Å². The van der Waals surface area contributed by atoms with E-state index in [0.717, 1.165) is 17.5 Å². The zero-order chi connectivity index (χ0) is 26.0. The predicted molar refractivity (Wildman–Crippen MR) is 115 cm³/mol. The summed E-state index contributed by atoms with van der Waals surface area (Å²) in [6.45, 7) is 1.41. The van der Waals surface area contributed by atoms with Gasteiger partial charge < -0.3 is 5.32 Å². The molecule has 0 aromatic heterocycles. The van der Waals surface area contributed by atoms with Crippen LogP contribution in [0.2, 0.25) is 0 Å². The van der Waals surface area contributed by atoms with Gasteiger partial charge in [0.25, 0.3) is 5.91 Å². The monoisotopic (exact) mass is 499 g/mol. The number of rotatable bonds is 6. The number of anilines is 1. The number of amides is 2. The highest BCUT2D eigenvalue weighted by molar-refractivity contribution is 6.08. The quantitative estimate of drug-likeness (QED) is 0.257. The Morgan fingerprint density at radius 2 is 1.46 bits per heavy atom. The molecule has 0 aliphatic rings. The maximum atomic E-state index is 13.6. The molecule has 0 saturated carbocycles. The summed E-state index contributed by atoms with van der Waals surface area (Å²) >= 11 is 0. The Labute approximate surface area is 193 Å². The fourth-order valence-electron chi connectivity index (χ4n) is 3.03. The Hall–Kier alpha value is -3.96. The van der Waals surface area contributed by atoms with Crippen LogP contribution in [0.5, 0.6) is 0 Å². The van der Waals surface area contributed by atoms with Crippen molar-refractivity contribution in [2.75, 3.05) is 5.32 Å². The summed E-state index contributed by atoms with van der Waals surface area (Å²) in [7, 11) is 0. The highest BCUT2D eigenvalue weighted by atomic mass is 19.4. The van der Waals surface area contributed by atoms with Crippen LogP contribution in [0.25, 0.3) is 10.8 Å². The van der Waals surface area contributed by atoms with E-state index in [1.54, 1.807) is 30.3 Å². The topological polar surface area (TPSA) is 70.6 Å². The summed E-state index contributed by atoms with van der Waals surface area (Å²) in [5, 5.41) is 6.75. The number of alkyl halides is 7. The third-order valence-electron chi connectivity index (χ3n) is 4.93. The number of halogens is 7. The molecular weight excluding hydrogens is 483 g/mol. The Balaban J connectivity index is 1.77. The van der Waals surface area contributed by atoms with Crippen LogP contribution in [-0.4, -0.2) is 35.5 Å². The predicted octanol–water partition coefficient (Wildman–Crippen LogP) is 5.77. The molecule has 0 aliphatic heterocycles. The second-order valence-electron chi connectivity index (χ2n) is 7.35. The molecule has 0 atom stereocenters. The number of nitrogens with one attached hydrogen (secondary N) is 2. The van der Waals surface area contributed by atoms with Gasteiger partial charge in [0.15, 0.2) is 0 Å². The van der Waals surface area contributed by atoms with Gasteiger partial charge in [-0.25, -0.2) is 5.43 Å². The average Bonchev–Trinajstić information content (AvgIpc) is 2.81. The second-order valence-corrected chi connectivity index (χ2v) is 7.35. The first-order valence-corrected chi connectivity index (χ1v) is 9.82. The average molecular weight is 499 g/mol. The minimum absolute atomic E-state index is 0.127. The third kappa shape index (κ3) is 5.10. The van der Waals surface area contributed by atoms with Gasteiger partial charge >= 0.3 is 23.9 Å². The Bertz CT molecular complexity index is 1300. The van der Waals surface area contributed by atoms with Crippen LogP contribution < -0.4 is 10.7 Å². The van der Waals surface area contributed by atoms with E-state index in [2.05, 4.69) is 10.5 Å². The normalized spacial score (nSPS) is 13.0. The molecule has 0 fully saturated rings. The van der Waals surface area contributed by atoms with Gasteiger partial charge in [0.05, 0.1) is 5.71 Å². The highest BCUT2D eigenvalue weighted by Crippen LogP contribution is 2.46. The van der Waals surface area contributed by atoms with E-state index in [9.17, 15) is 40.3 Å². The van der Waals surface area contributed by atoms with Gasteiger partial charge in [-0.2, -0.15) is 35.8 Å². The van der Waals surface area contributed by atoms with Gasteiger partial charge in [-0.05, 0) is 41.5 Å². The van der Waals surface area contributed by atoms with Crippen molar-refractivity contribution in [3.05, 3.63) is 77.9 Å². The minimum atomic E-state index is -6.64. The van der Waals surface area contributed by atoms with Gasteiger partial charge in [0, 0.05) is 11.3 Å². The zero-order valence-electron chi connectivity index (χ0n) is 17.8. The zero-order valence-corrected chi connectivity index (χ0v) is 17.8. The second kappa shape index (κ2) is 9.35. The van der Waals surface area contributed by atoms with Crippen molar-refractivity contribution in [3.8, 4) is 0 Å². The van der Waals surface area contributed by atoms with Gasteiger partial charge in [0.2, 0.25) is 0 Å². The van der Waals surface area contributed by atoms with E-state index in [1.165, 1.54) is 24.4 Å². The lowest BCUT2D eigenvalue weighted by atomic mass is 10.0. The first kappa shape index (κ1) is 25.7. The summed E-state index contributed by atoms with van der Waals surface area (Å²) in [5.74, 6) is -16.0. The lowest BCUT2D eigenvalue weighted by Crippen LogP contribution is -2.57. The van der Waals surface area contributed by atoms with Crippen molar-refractivity contribution in [3.63, 3.8) is 0 Å². The molecule has 0 radical (unpaired) electrons. The van der Waals surface area contributed by atoms with E-state index in [-0.39, 0.29) is 11.3 Å². The summed E-state index contributed by atoms with van der Waals surface area (Å²) in [6, 6.07) is 16.8. The fraction of sp³-hybridized carbons (Fsp3) is 0.174. The summed E-state index contributed by atoms with van der Waals surface area (Å²) in [6.07, 6.45) is -6.64. The number of hydrogen-bond acceptors (Lipinski definition) is 3. The maximum Gasteiger partial charge on any atom is 0.460 e. The van der Waals surface area contributed by atoms with Crippen LogP contribution in [-0.2, 0) is 4.79 Å². The Kier molecular flexibility index (Phi) is 6.86. The van der Waals surface area contributed by atoms with Crippen molar-refractivity contribution in [2.45, 2.75) is 24.9 Å². The molecule has 3 rings (SSSR count). The lowest BCUT2D eigenvalue weighted by molar-refractivity contribution is -0.343. The molecule has 0 bridgehead atoms. The lowest BCUT2D eigenvalue weighted by Gasteiger charge is -2.27. The van der Waals surface area contributed by atoms with Gasteiger partial charge in [0.1, 0.15) is 0 Å². The van der Waals surface area contributed by atoms with Crippen LogP contribution in [0.15, 0.2) is 71.8 Å². The molecule has 0 spiro atoms.